The van der Waals surface area contributed by atoms with Gasteiger partial charge in [0.15, 0.2) is 0 Å². The molecule has 3 aromatic carbocycles. The predicted octanol–water partition coefficient (Wildman–Crippen LogP) is 4.34. The maximum absolute atomic E-state index is 8.63. The van der Waals surface area contributed by atoms with Gasteiger partial charge in [0.1, 0.15) is 5.75 Å². The normalized spacial score (nSPS) is 8.89. The first-order chi connectivity index (χ1) is 8.36. The van der Waals surface area contributed by atoms with Crippen molar-refractivity contribution in [1.29, 1.82) is 0 Å². The third kappa shape index (κ3) is 4.15. The van der Waals surface area contributed by atoms with Crippen LogP contribution < -0.4 is 0 Å². The molecule has 0 aromatic heterocycles. The molecule has 0 aliphatic carbocycles. The number of benzene rings is 3. The molecule has 0 unspecified atom stereocenters. The van der Waals surface area contributed by atoms with Crippen LogP contribution in [0.2, 0.25) is 0 Å². The van der Waals surface area contributed by atoms with E-state index in [9.17, 15) is 0 Å². The summed E-state index contributed by atoms with van der Waals surface area (Å²) < 4.78 is 0. The maximum atomic E-state index is 8.63. The summed E-state index contributed by atoms with van der Waals surface area (Å²) in [5.74, 6) is 0.322. The first-order valence-corrected chi connectivity index (χ1v) is 5.54. The van der Waals surface area contributed by atoms with Gasteiger partial charge in [0.05, 0.1) is 0 Å². The van der Waals surface area contributed by atoms with Crippen LogP contribution in [-0.4, -0.2) is 5.11 Å². The highest BCUT2D eigenvalue weighted by atomic mass is 32.1. The van der Waals surface area contributed by atoms with Gasteiger partial charge >= 0.3 is 0 Å². The van der Waals surface area contributed by atoms with Crippen LogP contribution in [0.15, 0.2) is 78.9 Å². The number of hydrogen-bond donors (Lipinski definition) is 1. The van der Waals surface area contributed by atoms with Crippen LogP contribution in [0.1, 0.15) is 0 Å². The van der Waals surface area contributed by atoms with Crippen molar-refractivity contribution in [1.82, 2.24) is 0 Å². The zero-order chi connectivity index (χ0) is 11.9. The van der Waals surface area contributed by atoms with Gasteiger partial charge in [-0.05, 0) is 22.9 Å². The SMILES string of the molecule is Oc1ccccc1.S.c1ccc2ccccc2c1. The lowest BCUT2D eigenvalue weighted by Gasteiger charge is -1.92. The Hall–Kier alpha value is -1.93. The molecule has 2 heteroatoms. The molecular weight excluding hydrogens is 240 g/mol. The van der Waals surface area contributed by atoms with Gasteiger partial charge in [-0.25, -0.2) is 0 Å². The average molecular weight is 256 g/mol. The van der Waals surface area contributed by atoms with Crippen molar-refractivity contribution < 1.29 is 5.11 Å². The summed E-state index contributed by atoms with van der Waals surface area (Å²) in [6.45, 7) is 0. The van der Waals surface area contributed by atoms with Gasteiger partial charge in [-0.3, -0.25) is 0 Å². The van der Waals surface area contributed by atoms with Gasteiger partial charge in [0.25, 0.3) is 0 Å². The quantitative estimate of drug-likeness (QED) is 0.634. The van der Waals surface area contributed by atoms with Crippen LogP contribution in [-0.2, 0) is 0 Å². The fourth-order valence-corrected chi connectivity index (χ4v) is 1.56. The van der Waals surface area contributed by atoms with Crippen molar-refractivity contribution in [2.45, 2.75) is 0 Å². The van der Waals surface area contributed by atoms with Crippen LogP contribution in [0, 0.1) is 0 Å². The van der Waals surface area contributed by atoms with Gasteiger partial charge in [-0.2, -0.15) is 13.5 Å². The van der Waals surface area contributed by atoms with Crippen molar-refractivity contribution in [3.8, 4) is 5.75 Å². The van der Waals surface area contributed by atoms with Crippen LogP contribution >= 0.6 is 13.5 Å². The number of phenols is 1. The molecule has 0 spiro atoms. The highest BCUT2D eigenvalue weighted by Crippen LogP contribution is 2.11. The van der Waals surface area contributed by atoms with Crippen molar-refractivity contribution in [3.63, 3.8) is 0 Å². The van der Waals surface area contributed by atoms with E-state index in [2.05, 4.69) is 48.5 Å². The Bertz CT molecular complexity index is 513. The van der Waals surface area contributed by atoms with Crippen molar-refractivity contribution >= 4 is 24.3 Å². The van der Waals surface area contributed by atoms with Crippen LogP contribution in [0.25, 0.3) is 10.8 Å². The third-order valence-corrected chi connectivity index (χ3v) is 2.41. The fourth-order valence-electron chi connectivity index (χ4n) is 1.56. The number of phenolic OH excluding ortho intramolecular Hbond substituents is 1. The highest BCUT2D eigenvalue weighted by Gasteiger charge is 1.85. The zero-order valence-corrected chi connectivity index (χ0v) is 11.0. The lowest BCUT2D eigenvalue weighted by atomic mass is 10.1. The molecule has 1 nitrogen and oxygen atoms in total. The molecule has 0 fully saturated rings. The zero-order valence-electron chi connectivity index (χ0n) is 9.95. The van der Waals surface area contributed by atoms with Crippen molar-refractivity contribution in [3.05, 3.63) is 78.9 Å². The van der Waals surface area contributed by atoms with Crippen molar-refractivity contribution in [2.75, 3.05) is 0 Å². The van der Waals surface area contributed by atoms with Crippen LogP contribution in [0.5, 0.6) is 5.75 Å². The first-order valence-electron chi connectivity index (χ1n) is 5.54. The van der Waals surface area contributed by atoms with Gasteiger partial charge in [-0.15, -0.1) is 0 Å². The molecule has 92 valence electrons. The second kappa shape index (κ2) is 7.41. The van der Waals surface area contributed by atoms with Crippen molar-refractivity contribution in [2.24, 2.45) is 0 Å². The number of para-hydroxylation sites is 1. The van der Waals surface area contributed by atoms with Crippen LogP contribution in [0.4, 0.5) is 0 Å². The van der Waals surface area contributed by atoms with E-state index in [-0.39, 0.29) is 13.5 Å². The number of hydrogen-bond acceptors (Lipinski definition) is 1. The lowest BCUT2D eigenvalue weighted by Crippen LogP contribution is -1.67. The van der Waals surface area contributed by atoms with Gasteiger partial charge in [-0.1, -0.05) is 66.7 Å². The highest BCUT2D eigenvalue weighted by molar-refractivity contribution is 7.59. The largest absolute Gasteiger partial charge is 0.508 e. The van der Waals surface area contributed by atoms with E-state index in [4.69, 9.17) is 5.11 Å². The number of rotatable bonds is 0. The summed E-state index contributed by atoms with van der Waals surface area (Å²) in [4.78, 5) is 0. The van der Waals surface area contributed by atoms with E-state index in [0.717, 1.165) is 0 Å². The number of fused-ring (bicyclic) bond motifs is 1. The second-order valence-corrected chi connectivity index (χ2v) is 3.68. The summed E-state index contributed by atoms with van der Waals surface area (Å²) in [5, 5.41) is 11.3. The minimum Gasteiger partial charge on any atom is -0.508 e. The Kier molecular flexibility index (Phi) is 5.81. The fraction of sp³-hybridized carbons (Fsp3) is 0. The maximum Gasteiger partial charge on any atom is 0.115 e. The number of aromatic hydroxyl groups is 1. The summed E-state index contributed by atoms with van der Waals surface area (Å²) in [5.41, 5.74) is 0. The Morgan fingerprint density at radius 2 is 0.833 bits per heavy atom. The molecule has 1 N–H and O–H groups in total. The molecule has 0 bridgehead atoms. The standard InChI is InChI=1S/C10H8.C6H6O.H2S/c1-2-6-10-8-4-3-7-9(10)5-1;7-6-4-2-1-3-5-6;/h1-8H;1-5,7H;1H2. The van der Waals surface area contributed by atoms with Gasteiger partial charge < -0.3 is 5.11 Å². The van der Waals surface area contributed by atoms with E-state index >= 15 is 0 Å². The molecule has 0 saturated carbocycles. The average Bonchev–Trinajstić information content (AvgIpc) is 2.41. The van der Waals surface area contributed by atoms with E-state index in [1.165, 1.54) is 10.8 Å². The summed E-state index contributed by atoms with van der Waals surface area (Å²) in [6.07, 6.45) is 0. The van der Waals surface area contributed by atoms with E-state index < -0.39 is 0 Å². The van der Waals surface area contributed by atoms with E-state index in [1.807, 2.05) is 6.07 Å². The topological polar surface area (TPSA) is 20.2 Å². The van der Waals surface area contributed by atoms with E-state index in [0.29, 0.717) is 5.75 Å². The molecule has 0 amide bonds. The molecular formula is C16H16OS. The van der Waals surface area contributed by atoms with Crippen LogP contribution in [0.3, 0.4) is 0 Å². The molecule has 18 heavy (non-hydrogen) atoms. The molecule has 3 rings (SSSR count). The van der Waals surface area contributed by atoms with E-state index in [1.54, 1.807) is 24.3 Å². The molecule has 0 aliphatic rings. The Labute approximate surface area is 114 Å². The molecule has 0 saturated heterocycles. The Morgan fingerprint density at radius 1 is 0.500 bits per heavy atom. The minimum atomic E-state index is 0. The monoisotopic (exact) mass is 256 g/mol. The Morgan fingerprint density at radius 3 is 1.11 bits per heavy atom. The van der Waals surface area contributed by atoms with Gasteiger partial charge in [0.2, 0.25) is 0 Å². The molecule has 0 heterocycles. The first kappa shape index (κ1) is 14.1. The molecule has 0 aliphatic heterocycles. The minimum absolute atomic E-state index is 0. The predicted molar refractivity (Wildman–Crippen MR) is 82.4 cm³/mol. The molecule has 0 atom stereocenters. The smallest absolute Gasteiger partial charge is 0.115 e. The summed E-state index contributed by atoms with van der Waals surface area (Å²) in [7, 11) is 0. The lowest BCUT2D eigenvalue weighted by molar-refractivity contribution is 0.475. The molecule has 3 aromatic rings. The Balaban J connectivity index is 0.000000181. The summed E-state index contributed by atoms with van der Waals surface area (Å²) in [6, 6.07) is 25.4. The summed E-state index contributed by atoms with van der Waals surface area (Å²) >= 11 is 0. The third-order valence-electron chi connectivity index (χ3n) is 2.41. The van der Waals surface area contributed by atoms with Gasteiger partial charge in [0, 0.05) is 0 Å². The molecule has 0 radical (unpaired) electrons. The second-order valence-electron chi connectivity index (χ2n) is 3.68.